The number of piperidine rings is 1. The van der Waals surface area contributed by atoms with Crippen molar-refractivity contribution in [1.29, 1.82) is 0 Å². The molecule has 1 aromatic rings. The predicted octanol–water partition coefficient (Wildman–Crippen LogP) is 0.757. The summed E-state index contributed by atoms with van der Waals surface area (Å²) in [5.41, 5.74) is 0.851. The topological polar surface area (TPSA) is 110 Å². The molecule has 1 aliphatic rings. The van der Waals surface area contributed by atoms with Gasteiger partial charge in [-0.25, -0.2) is 0 Å². The average molecular weight is 360 g/mol. The van der Waals surface area contributed by atoms with E-state index in [9.17, 15) is 24.0 Å². The van der Waals surface area contributed by atoms with E-state index in [2.05, 4.69) is 5.32 Å². The van der Waals surface area contributed by atoms with Crippen LogP contribution in [0.1, 0.15) is 41.6 Å². The van der Waals surface area contributed by atoms with Crippen LogP contribution in [0, 0.1) is 6.92 Å². The van der Waals surface area contributed by atoms with Crippen LogP contribution in [0.15, 0.2) is 18.2 Å². The van der Waals surface area contributed by atoms with Gasteiger partial charge >= 0.3 is 0 Å². The summed E-state index contributed by atoms with van der Waals surface area (Å²) in [6.07, 6.45) is 2.20. The van der Waals surface area contributed by atoms with Crippen LogP contribution in [0.25, 0.3) is 0 Å². The third-order valence-electron chi connectivity index (χ3n) is 4.07. The number of aldehydes is 1. The molecule has 1 atom stereocenters. The highest BCUT2D eigenvalue weighted by Gasteiger charge is 2.35. The van der Waals surface area contributed by atoms with Crippen LogP contribution in [0.5, 0.6) is 5.75 Å². The van der Waals surface area contributed by atoms with Crippen LogP contribution in [0.4, 0.5) is 0 Å². The molecule has 2 rings (SSSR count). The van der Waals surface area contributed by atoms with Crippen LogP contribution in [0.2, 0.25) is 0 Å². The Balaban J connectivity index is 2.17. The highest BCUT2D eigenvalue weighted by atomic mass is 16.5. The van der Waals surface area contributed by atoms with Gasteiger partial charge in [-0.05, 0) is 37.5 Å². The molecular weight excluding hydrogens is 340 g/mol. The fourth-order valence-corrected chi connectivity index (χ4v) is 2.63. The van der Waals surface area contributed by atoms with Gasteiger partial charge in [0.1, 0.15) is 18.1 Å². The van der Waals surface area contributed by atoms with Gasteiger partial charge in [-0.3, -0.25) is 29.4 Å². The van der Waals surface area contributed by atoms with Crippen molar-refractivity contribution in [2.24, 2.45) is 0 Å². The van der Waals surface area contributed by atoms with Crippen molar-refractivity contribution in [2.45, 2.75) is 38.6 Å². The van der Waals surface area contributed by atoms with Crippen molar-refractivity contribution < 1.29 is 28.7 Å². The summed E-state index contributed by atoms with van der Waals surface area (Å²) < 4.78 is 5.51. The number of imide groups is 2. The molecule has 0 aliphatic carbocycles. The zero-order valence-corrected chi connectivity index (χ0v) is 14.4. The number of unbranched alkanes of at least 4 members (excludes halogenated alkanes) is 1. The van der Waals surface area contributed by atoms with Gasteiger partial charge in [-0.1, -0.05) is 6.07 Å². The summed E-state index contributed by atoms with van der Waals surface area (Å²) in [5, 5.41) is 2.13. The van der Waals surface area contributed by atoms with Gasteiger partial charge in [0, 0.05) is 18.4 Å². The molecule has 4 amide bonds. The number of hydrogen-bond donors (Lipinski definition) is 1. The lowest BCUT2D eigenvalue weighted by atomic mass is 10.0. The first-order chi connectivity index (χ1) is 12.5. The van der Waals surface area contributed by atoms with Crippen molar-refractivity contribution in [2.75, 3.05) is 6.61 Å². The van der Waals surface area contributed by atoms with Gasteiger partial charge in [-0.2, -0.15) is 0 Å². The minimum atomic E-state index is -1.02. The lowest BCUT2D eigenvalue weighted by Gasteiger charge is -2.28. The molecule has 1 saturated heterocycles. The molecular formula is C18H20N2O6. The normalized spacial score (nSPS) is 16.6. The molecule has 1 fully saturated rings. The molecule has 1 aliphatic heterocycles. The largest absolute Gasteiger partial charge is 0.494 e. The zero-order chi connectivity index (χ0) is 19.1. The number of amides is 4. The average Bonchev–Trinajstić information content (AvgIpc) is 2.62. The van der Waals surface area contributed by atoms with Crippen molar-refractivity contribution >= 4 is 30.4 Å². The quantitative estimate of drug-likeness (QED) is 0.416. The summed E-state index contributed by atoms with van der Waals surface area (Å²) in [6.45, 7) is 2.02. The van der Waals surface area contributed by atoms with Gasteiger partial charge in [0.15, 0.2) is 0 Å². The number of ether oxygens (including phenoxy) is 1. The van der Waals surface area contributed by atoms with Crippen LogP contribution in [-0.4, -0.2) is 48.0 Å². The maximum absolute atomic E-state index is 12.8. The Morgan fingerprint density at radius 2 is 2.12 bits per heavy atom. The maximum atomic E-state index is 12.8. The van der Waals surface area contributed by atoms with Crippen molar-refractivity contribution in [3.05, 3.63) is 29.3 Å². The first-order valence-corrected chi connectivity index (χ1v) is 8.26. The number of nitrogens with zero attached hydrogens (tertiary/aromatic N) is 1. The molecule has 0 aromatic heterocycles. The van der Waals surface area contributed by atoms with Crippen molar-refractivity contribution in [1.82, 2.24) is 10.2 Å². The van der Waals surface area contributed by atoms with Crippen LogP contribution < -0.4 is 10.1 Å². The zero-order valence-electron chi connectivity index (χ0n) is 14.4. The van der Waals surface area contributed by atoms with E-state index in [1.165, 1.54) is 6.07 Å². The lowest BCUT2D eigenvalue weighted by molar-refractivity contribution is -0.139. The van der Waals surface area contributed by atoms with Gasteiger partial charge < -0.3 is 9.53 Å². The molecule has 0 bridgehead atoms. The molecule has 8 heteroatoms. The number of benzene rings is 1. The van der Waals surface area contributed by atoms with Crippen molar-refractivity contribution in [3.8, 4) is 5.75 Å². The van der Waals surface area contributed by atoms with E-state index in [1.807, 2.05) is 0 Å². The third kappa shape index (κ3) is 4.53. The minimum Gasteiger partial charge on any atom is -0.494 e. The SMILES string of the molecule is Cc1ccc(OCCCC=O)cc1C(=O)N(C=O)C1CCC(=O)NC1=O. The minimum absolute atomic E-state index is 0.0624. The first-order valence-electron chi connectivity index (χ1n) is 8.26. The second-order valence-electron chi connectivity index (χ2n) is 5.92. The monoisotopic (exact) mass is 360 g/mol. The fourth-order valence-electron chi connectivity index (χ4n) is 2.63. The first kappa shape index (κ1) is 19.3. The number of rotatable bonds is 8. The summed E-state index contributed by atoms with van der Waals surface area (Å²) >= 11 is 0. The van der Waals surface area contributed by atoms with Gasteiger partial charge in [0.05, 0.1) is 6.61 Å². The van der Waals surface area contributed by atoms with E-state index in [4.69, 9.17) is 4.74 Å². The number of hydrogen-bond acceptors (Lipinski definition) is 6. The van der Waals surface area contributed by atoms with E-state index < -0.39 is 23.8 Å². The molecule has 1 heterocycles. The van der Waals surface area contributed by atoms with Gasteiger partial charge in [0.25, 0.3) is 5.91 Å². The molecule has 0 radical (unpaired) electrons. The van der Waals surface area contributed by atoms with Crippen LogP contribution >= 0.6 is 0 Å². The van der Waals surface area contributed by atoms with E-state index in [0.717, 1.165) is 11.2 Å². The maximum Gasteiger partial charge on any atom is 0.261 e. The molecule has 138 valence electrons. The summed E-state index contributed by atoms with van der Waals surface area (Å²) in [5.74, 6) is -1.30. The van der Waals surface area contributed by atoms with E-state index in [0.29, 0.717) is 37.2 Å². The lowest BCUT2D eigenvalue weighted by Crippen LogP contribution is -2.53. The highest BCUT2D eigenvalue weighted by Crippen LogP contribution is 2.21. The van der Waals surface area contributed by atoms with E-state index in [1.54, 1.807) is 19.1 Å². The molecule has 26 heavy (non-hydrogen) atoms. The second-order valence-corrected chi connectivity index (χ2v) is 5.92. The van der Waals surface area contributed by atoms with Gasteiger partial charge in [-0.15, -0.1) is 0 Å². The molecule has 1 N–H and O–H groups in total. The van der Waals surface area contributed by atoms with E-state index >= 15 is 0 Å². The fraction of sp³-hybridized carbons (Fsp3) is 0.389. The highest BCUT2D eigenvalue weighted by molar-refractivity contribution is 6.07. The Bertz CT molecular complexity index is 730. The standard InChI is InChI=1S/C18H20N2O6/c1-12-4-5-13(26-9-3-2-8-21)10-14(12)18(25)20(11-22)15-6-7-16(23)19-17(15)24/h4-5,8,10-11,15H,2-3,6-7,9H2,1H3,(H,19,23,24). The Kier molecular flexibility index (Phi) is 6.60. The number of carbonyl (C=O) groups is 5. The van der Waals surface area contributed by atoms with Crippen LogP contribution in [0.3, 0.4) is 0 Å². The van der Waals surface area contributed by atoms with Crippen LogP contribution in [-0.2, 0) is 19.2 Å². The number of nitrogens with one attached hydrogen (secondary N) is 1. The Morgan fingerprint density at radius 3 is 2.77 bits per heavy atom. The summed E-state index contributed by atoms with van der Waals surface area (Å²) in [7, 11) is 0. The predicted molar refractivity (Wildman–Crippen MR) is 90.4 cm³/mol. The van der Waals surface area contributed by atoms with E-state index in [-0.39, 0.29) is 18.4 Å². The van der Waals surface area contributed by atoms with Crippen molar-refractivity contribution in [3.63, 3.8) is 0 Å². The Morgan fingerprint density at radius 1 is 1.35 bits per heavy atom. The summed E-state index contributed by atoms with van der Waals surface area (Å²) in [4.78, 5) is 58.6. The smallest absolute Gasteiger partial charge is 0.261 e. The molecule has 8 nitrogen and oxygen atoms in total. The number of aryl methyl sites for hydroxylation is 1. The number of carbonyl (C=O) groups excluding carboxylic acids is 5. The summed E-state index contributed by atoms with van der Waals surface area (Å²) in [6, 6.07) is 3.84. The molecule has 0 saturated carbocycles. The molecule has 0 spiro atoms. The Labute approximate surface area is 150 Å². The molecule has 1 aromatic carbocycles. The third-order valence-corrected chi connectivity index (χ3v) is 4.07. The second kappa shape index (κ2) is 8.89. The Hall–Kier alpha value is -3.03. The van der Waals surface area contributed by atoms with Gasteiger partial charge in [0.2, 0.25) is 18.2 Å². The molecule has 1 unspecified atom stereocenters.